The van der Waals surface area contributed by atoms with Crippen LogP contribution in [0.15, 0.2) is 16.6 Å². The van der Waals surface area contributed by atoms with Crippen LogP contribution in [0.2, 0.25) is 0 Å². The molecule has 0 aromatic heterocycles. The number of rotatable bonds is 6. The summed E-state index contributed by atoms with van der Waals surface area (Å²) >= 11 is 3.12. The highest BCUT2D eigenvalue weighted by Crippen LogP contribution is 2.38. The second-order valence-electron chi connectivity index (χ2n) is 5.25. The summed E-state index contributed by atoms with van der Waals surface area (Å²) in [6.07, 6.45) is 3.00. The summed E-state index contributed by atoms with van der Waals surface area (Å²) in [5.74, 6) is -0.544. The van der Waals surface area contributed by atoms with Crippen LogP contribution in [0, 0.1) is 17.6 Å². The molecule has 1 aliphatic rings. The Morgan fingerprint density at radius 3 is 2.70 bits per heavy atom. The first-order valence-corrected chi connectivity index (χ1v) is 7.78. The predicted octanol–water partition coefficient (Wildman–Crippen LogP) is 4.19. The molecule has 5 heteroatoms. The lowest BCUT2D eigenvalue weighted by Gasteiger charge is -2.37. The highest BCUT2D eigenvalue weighted by atomic mass is 79.9. The molecule has 1 fully saturated rings. The molecule has 1 atom stereocenters. The number of benzene rings is 1. The molecule has 1 aromatic carbocycles. The minimum atomic E-state index is -0.509. The maximum absolute atomic E-state index is 14.1. The molecule has 0 amide bonds. The summed E-state index contributed by atoms with van der Waals surface area (Å²) in [5.41, 5.74) is 0.127. The molecule has 0 saturated heterocycles. The molecule has 1 saturated carbocycles. The molecule has 0 aliphatic heterocycles. The number of hydrogen-bond donors (Lipinski definition) is 1. The quantitative estimate of drug-likeness (QED) is 0.779. The van der Waals surface area contributed by atoms with Crippen LogP contribution < -0.4 is 5.32 Å². The van der Waals surface area contributed by atoms with Gasteiger partial charge in [0.2, 0.25) is 0 Å². The molecule has 0 bridgehead atoms. The number of nitrogens with one attached hydrogen (secondary N) is 1. The third-order valence-electron chi connectivity index (χ3n) is 3.94. The van der Waals surface area contributed by atoms with Gasteiger partial charge in [-0.3, -0.25) is 0 Å². The van der Waals surface area contributed by atoms with E-state index in [1.54, 1.807) is 7.05 Å². The molecule has 0 spiro atoms. The van der Waals surface area contributed by atoms with Gasteiger partial charge in [0.25, 0.3) is 0 Å². The van der Waals surface area contributed by atoms with Gasteiger partial charge in [-0.1, -0.05) is 0 Å². The van der Waals surface area contributed by atoms with Gasteiger partial charge in [-0.2, -0.15) is 0 Å². The average molecular weight is 348 g/mol. The third kappa shape index (κ3) is 3.38. The number of hydrogen-bond acceptors (Lipinski definition) is 2. The van der Waals surface area contributed by atoms with Crippen molar-refractivity contribution < 1.29 is 13.5 Å². The Kier molecular flexibility index (Phi) is 5.52. The van der Waals surface area contributed by atoms with Gasteiger partial charge >= 0.3 is 0 Å². The van der Waals surface area contributed by atoms with E-state index in [-0.39, 0.29) is 11.6 Å². The fraction of sp³-hybridized carbons (Fsp3) is 0.600. The van der Waals surface area contributed by atoms with E-state index in [1.165, 1.54) is 12.1 Å². The Labute approximate surface area is 127 Å². The monoisotopic (exact) mass is 347 g/mol. The van der Waals surface area contributed by atoms with Gasteiger partial charge in [0.1, 0.15) is 11.6 Å². The van der Waals surface area contributed by atoms with E-state index in [4.69, 9.17) is 4.74 Å². The molecule has 20 heavy (non-hydrogen) atoms. The summed E-state index contributed by atoms with van der Waals surface area (Å²) in [6, 6.07) is 2.39. The van der Waals surface area contributed by atoms with Gasteiger partial charge in [0, 0.05) is 18.2 Å². The Bertz CT molecular complexity index is 463. The molecule has 2 nitrogen and oxygen atoms in total. The van der Waals surface area contributed by atoms with Crippen LogP contribution in [0.5, 0.6) is 0 Å². The van der Waals surface area contributed by atoms with Gasteiger partial charge in [-0.25, -0.2) is 8.78 Å². The van der Waals surface area contributed by atoms with Crippen LogP contribution in [0.1, 0.15) is 37.8 Å². The minimum Gasteiger partial charge on any atom is -0.378 e. The van der Waals surface area contributed by atoms with E-state index >= 15 is 0 Å². The first-order valence-electron chi connectivity index (χ1n) is 6.99. The van der Waals surface area contributed by atoms with Gasteiger partial charge in [0.15, 0.2) is 0 Å². The van der Waals surface area contributed by atoms with Crippen LogP contribution >= 0.6 is 15.9 Å². The van der Waals surface area contributed by atoms with E-state index in [0.717, 1.165) is 25.9 Å². The van der Waals surface area contributed by atoms with Crippen molar-refractivity contribution in [3.8, 4) is 0 Å². The fourth-order valence-corrected chi connectivity index (χ4v) is 3.16. The van der Waals surface area contributed by atoms with Crippen LogP contribution in [-0.2, 0) is 4.74 Å². The Hall–Kier alpha value is -0.520. The number of halogens is 3. The van der Waals surface area contributed by atoms with Crippen LogP contribution in [0.4, 0.5) is 8.78 Å². The molecular formula is C15H20BrF2NO. The first kappa shape index (κ1) is 15.9. The van der Waals surface area contributed by atoms with Gasteiger partial charge < -0.3 is 10.1 Å². The van der Waals surface area contributed by atoms with Crippen molar-refractivity contribution >= 4 is 15.9 Å². The molecule has 1 unspecified atom stereocenters. The van der Waals surface area contributed by atoms with E-state index in [9.17, 15) is 8.78 Å². The van der Waals surface area contributed by atoms with E-state index in [1.807, 2.05) is 6.92 Å². The zero-order valence-electron chi connectivity index (χ0n) is 11.8. The van der Waals surface area contributed by atoms with Crippen molar-refractivity contribution in [2.24, 2.45) is 5.92 Å². The van der Waals surface area contributed by atoms with E-state index in [0.29, 0.717) is 16.5 Å². The van der Waals surface area contributed by atoms with Crippen molar-refractivity contribution in [3.63, 3.8) is 0 Å². The standard InChI is InChI=1S/C15H20BrF2NO/c1-3-20-10-6-9(7-10)8-13(19-2)14-12(17)5-4-11(16)15(14)18/h4-5,9-10,13,19H,3,6-8H2,1-2H3. The lowest BCUT2D eigenvalue weighted by atomic mass is 9.77. The average Bonchev–Trinajstić information content (AvgIpc) is 2.39. The summed E-state index contributed by atoms with van der Waals surface area (Å²) < 4.78 is 33.9. The predicted molar refractivity (Wildman–Crippen MR) is 78.6 cm³/mol. The minimum absolute atomic E-state index is 0.127. The van der Waals surface area contributed by atoms with Crippen LogP contribution in [0.25, 0.3) is 0 Å². The Morgan fingerprint density at radius 2 is 2.10 bits per heavy atom. The zero-order chi connectivity index (χ0) is 14.7. The normalized spacial score (nSPS) is 23.4. The summed E-state index contributed by atoms with van der Waals surface area (Å²) in [6.45, 7) is 2.71. The maximum atomic E-state index is 14.1. The van der Waals surface area contributed by atoms with Crippen LogP contribution in [-0.4, -0.2) is 19.8 Å². The number of ether oxygens (including phenoxy) is 1. The highest BCUT2D eigenvalue weighted by Gasteiger charge is 2.33. The first-order chi connectivity index (χ1) is 9.56. The zero-order valence-corrected chi connectivity index (χ0v) is 13.3. The van der Waals surface area contributed by atoms with E-state index < -0.39 is 11.6 Å². The highest BCUT2D eigenvalue weighted by molar-refractivity contribution is 9.10. The third-order valence-corrected chi connectivity index (χ3v) is 4.55. The summed E-state index contributed by atoms with van der Waals surface area (Å²) in [4.78, 5) is 0. The van der Waals surface area contributed by atoms with E-state index in [2.05, 4.69) is 21.2 Å². The lowest BCUT2D eigenvalue weighted by Crippen LogP contribution is -2.34. The molecule has 1 aliphatic carbocycles. The molecule has 112 valence electrons. The van der Waals surface area contributed by atoms with Gasteiger partial charge in [0.05, 0.1) is 10.6 Å². The second-order valence-corrected chi connectivity index (χ2v) is 6.10. The molecule has 1 N–H and O–H groups in total. The lowest BCUT2D eigenvalue weighted by molar-refractivity contribution is -0.0291. The summed E-state index contributed by atoms with van der Waals surface area (Å²) in [7, 11) is 1.74. The fourth-order valence-electron chi connectivity index (χ4n) is 2.81. The maximum Gasteiger partial charge on any atom is 0.145 e. The second kappa shape index (κ2) is 6.96. The van der Waals surface area contributed by atoms with Crippen molar-refractivity contribution in [1.82, 2.24) is 5.32 Å². The van der Waals surface area contributed by atoms with Crippen LogP contribution in [0.3, 0.4) is 0 Å². The van der Waals surface area contributed by atoms with Crippen molar-refractivity contribution in [2.45, 2.75) is 38.3 Å². The Balaban J connectivity index is 2.05. The van der Waals surface area contributed by atoms with Crippen molar-refractivity contribution in [2.75, 3.05) is 13.7 Å². The molecule has 1 aromatic rings. The largest absolute Gasteiger partial charge is 0.378 e. The van der Waals surface area contributed by atoms with Gasteiger partial charge in [-0.05, 0) is 67.2 Å². The van der Waals surface area contributed by atoms with Crippen molar-refractivity contribution in [3.05, 3.63) is 33.8 Å². The molecule has 0 radical (unpaired) electrons. The topological polar surface area (TPSA) is 21.3 Å². The summed E-state index contributed by atoms with van der Waals surface area (Å²) in [5, 5.41) is 3.03. The molecule has 2 rings (SSSR count). The van der Waals surface area contributed by atoms with Gasteiger partial charge in [-0.15, -0.1) is 0 Å². The smallest absolute Gasteiger partial charge is 0.145 e. The Morgan fingerprint density at radius 1 is 1.40 bits per heavy atom. The molecular weight excluding hydrogens is 328 g/mol. The van der Waals surface area contributed by atoms with Crippen molar-refractivity contribution in [1.29, 1.82) is 0 Å². The SMILES string of the molecule is CCOC1CC(CC(NC)c2c(F)ccc(Br)c2F)C1. The molecule has 0 heterocycles.